The van der Waals surface area contributed by atoms with Gasteiger partial charge in [-0.2, -0.15) is 4.73 Å². The molecule has 0 unspecified atom stereocenters. The van der Waals surface area contributed by atoms with Gasteiger partial charge in [-0.05, 0) is 73.3 Å². The molecule has 3 saturated heterocycles. The molecule has 12 heteroatoms. The summed E-state index contributed by atoms with van der Waals surface area (Å²) in [7, 11) is 3.03. The number of rotatable bonds is 12. The molecule has 10 nitrogen and oxygen atoms in total. The molecular weight excluding hydrogens is 669 g/mol. The normalized spacial score (nSPS) is 19.4. The number of aromatic nitrogens is 1. The third-order valence-corrected chi connectivity index (χ3v) is 9.77. The highest BCUT2D eigenvalue weighted by molar-refractivity contribution is 6.35. The summed E-state index contributed by atoms with van der Waals surface area (Å²) >= 11 is 12.8. The number of anilines is 1. The van der Waals surface area contributed by atoms with Crippen molar-refractivity contribution in [3.8, 4) is 11.5 Å². The van der Waals surface area contributed by atoms with Crippen molar-refractivity contribution in [2.24, 2.45) is 5.92 Å². The Kier molecular flexibility index (Phi) is 10.8. The van der Waals surface area contributed by atoms with Gasteiger partial charge in [-0.15, -0.1) is 0 Å². The zero-order valence-corrected chi connectivity index (χ0v) is 28.7. The monoisotopic (exact) mass is 705 g/mol. The second kappa shape index (κ2) is 15.4. The zero-order chi connectivity index (χ0) is 34.5. The predicted octanol–water partition coefficient (Wildman–Crippen LogP) is 6.58. The van der Waals surface area contributed by atoms with Crippen LogP contribution in [0.25, 0.3) is 0 Å². The first-order chi connectivity index (χ1) is 23.7. The van der Waals surface area contributed by atoms with Gasteiger partial charge in [0.15, 0.2) is 29.9 Å². The maximum absolute atomic E-state index is 13.8. The van der Waals surface area contributed by atoms with E-state index in [0.717, 1.165) is 38.0 Å². The number of methoxy groups -OCH3 is 2. The van der Waals surface area contributed by atoms with Gasteiger partial charge < -0.3 is 29.5 Å². The molecule has 4 heterocycles. The second-order valence-electron chi connectivity index (χ2n) is 12.2. The van der Waals surface area contributed by atoms with Crippen molar-refractivity contribution in [1.82, 2.24) is 4.90 Å². The minimum absolute atomic E-state index is 0.0686. The second-order valence-corrected chi connectivity index (χ2v) is 13.0. The Morgan fingerprint density at radius 2 is 1.63 bits per heavy atom. The average molecular weight is 707 g/mol. The van der Waals surface area contributed by atoms with Gasteiger partial charge in [0, 0.05) is 24.2 Å². The highest BCUT2D eigenvalue weighted by Crippen LogP contribution is 2.36. The summed E-state index contributed by atoms with van der Waals surface area (Å²) < 4.78 is 23.6. The van der Waals surface area contributed by atoms with Crippen LogP contribution in [0.2, 0.25) is 10.0 Å². The molecule has 3 aliphatic heterocycles. The molecule has 1 N–H and O–H groups in total. The Bertz CT molecular complexity index is 1780. The summed E-state index contributed by atoms with van der Waals surface area (Å²) in [6.45, 7) is 2.83. The first-order valence-electron chi connectivity index (χ1n) is 16.1. The van der Waals surface area contributed by atoms with Crippen molar-refractivity contribution >= 4 is 40.8 Å². The fourth-order valence-corrected chi connectivity index (χ4v) is 7.08. The third-order valence-electron chi connectivity index (χ3n) is 9.12. The molecule has 3 aromatic carbocycles. The molecule has 2 bridgehead atoms. The molecule has 256 valence electrons. The Labute approximate surface area is 295 Å². The topological polar surface area (TPSA) is 113 Å². The molecule has 49 heavy (non-hydrogen) atoms. The lowest BCUT2D eigenvalue weighted by Crippen LogP contribution is -2.52. The zero-order valence-electron chi connectivity index (χ0n) is 27.1. The van der Waals surface area contributed by atoms with Crippen molar-refractivity contribution < 1.29 is 33.3 Å². The van der Waals surface area contributed by atoms with Crippen LogP contribution in [0.1, 0.15) is 52.0 Å². The number of pyridine rings is 1. The van der Waals surface area contributed by atoms with Crippen LogP contribution in [0.4, 0.5) is 5.69 Å². The van der Waals surface area contributed by atoms with E-state index in [9.17, 15) is 14.8 Å². The van der Waals surface area contributed by atoms with E-state index >= 15 is 0 Å². The number of hydrogen-bond acceptors (Lipinski definition) is 9. The number of fused-ring (bicyclic) bond motifs is 3. The van der Waals surface area contributed by atoms with Crippen LogP contribution in [0, 0.1) is 11.1 Å². The molecule has 0 aliphatic carbocycles. The molecule has 0 amide bonds. The number of carbonyl (C=O) groups is 2. The highest BCUT2D eigenvalue weighted by Gasteiger charge is 2.38. The maximum atomic E-state index is 13.8. The molecule has 4 aromatic rings. The van der Waals surface area contributed by atoms with Gasteiger partial charge in [0.05, 0.1) is 19.8 Å². The van der Waals surface area contributed by atoms with Gasteiger partial charge in [0.2, 0.25) is 0 Å². The van der Waals surface area contributed by atoms with Crippen LogP contribution in [-0.4, -0.2) is 56.8 Å². The van der Waals surface area contributed by atoms with Gasteiger partial charge in [0.1, 0.15) is 22.3 Å². The Morgan fingerprint density at radius 1 is 0.918 bits per heavy atom. The number of nitrogens with one attached hydrogen (secondary N) is 1. The lowest BCUT2D eigenvalue weighted by atomic mass is 9.86. The summed E-state index contributed by atoms with van der Waals surface area (Å²) in [6, 6.07) is 20.5. The fourth-order valence-electron chi connectivity index (χ4n) is 6.48. The molecular formula is C37H37Cl2N3O7. The number of nitrogens with zero attached hydrogens (tertiary/aromatic N) is 2. The van der Waals surface area contributed by atoms with Crippen molar-refractivity contribution in [2.75, 3.05) is 39.2 Å². The molecule has 0 saturated carbocycles. The number of benzene rings is 3. The van der Waals surface area contributed by atoms with E-state index in [4.69, 9.17) is 42.1 Å². The van der Waals surface area contributed by atoms with Crippen molar-refractivity contribution in [3.05, 3.63) is 123 Å². The van der Waals surface area contributed by atoms with Crippen LogP contribution in [0.15, 0.2) is 85.2 Å². The van der Waals surface area contributed by atoms with Gasteiger partial charge in [-0.25, -0.2) is 9.59 Å². The molecule has 0 radical (unpaired) electrons. The smallest absolute Gasteiger partial charge is 0.338 e. The minimum atomic E-state index is -0.880. The van der Waals surface area contributed by atoms with Gasteiger partial charge >= 0.3 is 11.9 Å². The van der Waals surface area contributed by atoms with Gasteiger partial charge in [-0.3, -0.25) is 4.90 Å². The molecule has 3 fully saturated rings. The summed E-state index contributed by atoms with van der Waals surface area (Å²) in [5.41, 5.74) is 2.55. The van der Waals surface area contributed by atoms with Crippen molar-refractivity contribution in [3.63, 3.8) is 0 Å². The summed E-state index contributed by atoms with van der Waals surface area (Å²) in [5, 5.41) is 15.5. The van der Waals surface area contributed by atoms with E-state index in [2.05, 4.69) is 10.2 Å². The number of carbonyl (C=O) groups excluding carboxylic acids is 2. The van der Waals surface area contributed by atoms with E-state index in [1.807, 2.05) is 30.3 Å². The highest BCUT2D eigenvalue weighted by atomic mass is 35.5. The Hall–Kier alpha value is -4.51. The fraction of sp³-hybridized carbons (Fsp3) is 0.324. The van der Waals surface area contributed by atoms with Crippen LogP contribution in [0.5, 0.6) is 11.5 Å². The van der Waals surface area contributed by atoms with E-state index in [1.165, 1.54) is 26.6 Å². The summed E-state index contributed by atoms with van der Waals surface area (Å²) in [4.78, 5) is 29.8. The summed E-state index contributed by atoms with van der Waals surface area (Å²) in [5.74, 6) is 0.299. The molecule has 3 aliphatic rings. The summed E-state index contributed by atoms with van der Waals surface area (Å²) in [6.07, 6.45) is 3.47. The van der Waals surface area contributed by atoms with Gasteiger partial charge in [0.25, 0.3) is 0 Å². The molecule has 3 atom stereocenters. The minimum Gasteiger partial charge on any atom is -0.619 e. The Balaban J connectivity index is 1.25. The largest absolute Gasteiger partial charge is 0.619 e. The standard InChI is InChI=1S/C37H37Cl2N3O7/c1-46-31-12-11-25(18-33(31)47-2)32(19-28-29(38)20-42(45)21-30(28)39)48-36(43)26-9-6-10-27(17-26)40-35(24-7-4-3-5-8-24)37(44)49-34-22-41-15-13-23(34)14-16-41/h3-12,17-18,20-21,23,32,34-35,40H,13-16,19,22H2,1-2H3/t32-,34-,35+/m0/s1. The third kappa shape index (κ3) is 8.04. The van der Waals surface area contributed by atoms with Crippen LogP contribution in [0.3, 0.4) is 0 Å². The SMILES string of the molecule is COc1ccc([C@H](Cc2c(Cl)c[n+]([O-])cc2Cl)OC(=O)c2cccc(N[C@@H](C(=O)O[C@H]3CN4CCC3CC4)c3ccccc3)c2)cc1OC. The van der Waals surface area contributed by atoms with Crippen LogP contribution < -0.4 is 19.5 Å². The lowest BCUT2D eigenvalue weighted by Gasteiger charge is -2.44. The van der Waals surface area contributed by atoms with Gasteiger partial charge in [-0.1, -0.05) is 65.7 Å². The van der Waals surface area contributed by atoms with E-state index in [0.29, 0.717) is 39.0 Å². The number of esters is 2. The number of halogens is 2. The van der Waals surface area contributed by atoms with Crippen LogP contribution >= 0.6 is 23.2 Å². The maximum Gasteiger partial charge on any atom is 0.338 e. The van der Waals surface area contributed by atoms with E-state index in [-0.39, 0.29) is 34.1 Å². The molecule has 0 spiro atoms. The van der Waals surface area contributed by atoms with Crippen molar-refractivity contribution in [1.29, 1.82) is 0 Å². The lowest BCUT2D eigenvalue weighted by molar-refractivity contribution is -0.605. The number of ether oxygens (including phenoxy) is 4. The molecule has 1 aromatic heterocycles. The van der Waals surface area contributed by atoms with E-state index in [1.54, 1.807) is 42.5 Å². The Morgan fingerprint density at radius 3 is 2.29 bits per heavy atom. The first kappa shape index (κ1) is 34.4. The van der Waals surface area contributed by atoms with Crippen molar-refractivity contribution in [2.45, 2.75) is 37.5 Å². The quantitative estimate of drug-likeness (QED) is 0.0993. The number of piperidine rings is 3. The molecule has 7 rings (SSSR count). The average Bonchev–Trinajstić information content (AvgIpc) is 3.12. The predicted molar refractivity (Wildman–Crippen MR) is 185 cm³/mol. The van der Waals surface area contributed by atoms with Crippen LogP contribution in [-0.2, 0) is 20.7 Å². The first-order valence-corrected chi connectivity index (χ1v) is 16.8. The van der Waals surface area contributed by atoms with E-state index < -0.39 is 18.1 Å². The number of hydrogen-bond donors (Lipinski definition) is 1.